The van der Waals surface area contributed by atoms with Gasteiger partial charge >= 0.3 is 0 Å². The number of nitrogens with one attached hydrogen (secondary N) is 1. The quantitative estimate of drug-likeness (QED) is 0.887. The van der Waals surface area contributed by atoms with Crippen molar-refractivity contribution in [2.24, 2.45) is 0 Å². The van der Waals surface area contributed by atoms with E-state index in [1.54, 1.807) is 0 Å². The lowest BCUT2D eigenvalue weighted by atomic mass is 10.0. The van der Waals surface area contributed by atoms with Crippen LogP contribution in [0.1, 0.15) is 23.6 Å². The van der Waals surface area contributed by atoms with Gasteiger partial charge in [0.15, 0.2) is 0 Å². The van der Waals surface area contributed by atoms with Crippen molar-refractivity contribution in [3.8, 4) is 0 Å². The van der Waals surface area contributed by atoms with Crippen LogP contribution in [0.25, 0.3) is 0 Å². The van der Waals surface area contributed by atoms with E-state index in [0.717, 1.165) is 12.4 Å². The van der Waals surface area contributed by atoms with Crippen molar-refractivity contribution in [1.82, 2.24) is 10.2 Å². The van der Waals surface area contributed by atoms with Crippen LogP contribution in [0, 0.1) is 20.8 Å². The number of benzene rings is 1. The molecule has 2 aliphatic rings. The van der Waals surface area contributed by atoms with Gasteiger partial charge in [0.2, 0.25) is 0 Å². The number of hydrogen-bond donors (Lipinski definition) is 1. The first-order chi connectivity index (χ1) is 10.5. The zero-order valence-corrected chi connectivity index (χ0v) is 13.7. The molecular weight excluding hydrogens is 270 g/mol. The zero-order chi connectivity index (χ0) is 15.7. The first kappa shape index (κ1) is 14.5. The standard InChI is InChI=1S/C19H23N3/c1-14-9-15(2)19(16(3)10-14)22-11-17(4)21(13-22)12-18-7-5-6-8-20-18/h5-12,20H,13H2,1-4H3/b18-12-. The Morgan fingerprint density at radius 2 is 1.77 bits per heavy atom. The molecule has 0 unspecified atom stereocenters. The number of allylic oxidation sites excluding steroid dienone is 4. The second-order valence-electron chi connectivity index (χ2n) is 6.05. The molecule has 1 N–H and O–H groups in total. The van der Waals surface area contributed by atoms with Gasteiger partial charge < -0.3 is 15.1 Å². The molecular formula is C19H23N3. The molecule has 0 aliphatic carbocycles. The van der Waals surface area contributed by atoms with E-state index in [9.17, 15) is 0 Å². The molecule has 3 rings (SSSR count). The Bertz CT molecular complexity index is 684. The average Bonchev–Trinajstić information content (AvgIpc) is 2.79. The van der Waals surface area contributed by atoms with Crippen molar-refractivity contribution < 1.29 is 0 Å². The fourth-order valence-corrected chi connectivity index (χ4v) is 3.17. The lowest BCUT2D eigenvalue weighted by molar-refractivity contribution is 0.504. The van der Waals surface area contributed by atoms with E-state index in [-0.39, 0.29) is 0 Å². The minimum atomic E-state index is 0.847. The van der Waals surface area contributed by atoms with Crippen LogP contribution in [-0.4, -0.2) is 11.6 Å². The minimum absolute atomic E-state index is 0.847. The highest BCUT2D eigenvalue weighted by Gasteiger charge is 2.20. The van der Waals surface area contributed by atoms with E-state index in [4.69, 9.17) is 0 Å². The molecule has 0 amide bonds. The first-order valence-corrected chi connectivity index (χ1v) is 7.66. The average molecular weight is 293 g/mol. The van der Waals surface area contributed by atoms with Crippen LogP contribution in [0.3, 0.4) is 0 Å². The summed E-state index contributed by atoms with van der Waals surface area (Å²) in [6, 6.07) is 4.51. The van der Waals surface area contributed by atoms with Gasteiger partial charge in [-0.15, -0.1) is 0 Å². The minimum Gasteiger partial charge on any atom is -0.361 e. The fourth-order valence-electron chi connectivity index (χ4n) is 3.17. The lowest BCUT2D eigenvalue weighted by Gasteiger charge is -2.24. The first-order valence-electron chi connectivity index (χ1n) is 7.66. The van der Waals surface area contributed by atoms with Crippen LogP contribution in [0.5, 0.6) is 0 Å². The molecule has 1 aromatic rings. The van der Waals surface area contributed by atoms with Gasteiger partial charge in [0.25, 0.3) is 0 Å². The zero-order valence-electron chi connectivity index (χ0n) is 13.7. The van der Waals surface area contributed by atoms with Crippen LogP contribution in [0.15, 0.2) is 60.4 Å². The third-order valence-electron chi connectivity index (χ3n) is 4.05. The molecule has 3 heteroatoms. The normalized spacial score (nSPS) is 18.9. The van der Waals surface area contributed by atoms with Gasteiger partial charge in [0.05, 0.1) is 12.4 Å². The molecule has 2 heterocycles. The number of anilines is 1. The molecule has 0 saturated carbocycles. The highest BCUT2D eigenvalue weighted by atomic mass is 15.4. The Morgan fingerprint density at radius 3 is 2.41 bits per heavy atom. The molecule has 0 saturated heterocycles. The second kappa shape index (κ2) is 5.76. The summed E-state index contributed by atoms with van der Waals surface area (Å²) in [6.45, 7) is 9.53. The van der Waals surface area contributed by atoms with E-state index in [0.29, 0.717) is 0 Å². The van der Waals surface area contributed by atoms with Crippen molar-refractivity contribution in [3.63, 3.8) is 0 Å². The van der Waals surface area contributed by atoms with Gasteiger partial charge in [-0.25, -0.2) is 0 Å². The Labute approximate surface area is 132 Å². The molecule has 22 heavy (non-hydrogen) atoms. The van der Waals surface area contributed by atoms with E-state index in [2.05, 4.69) is 73.4 Å². The van der Waals surface area contributed by atoms with Crippen LogP contribution >= 0.6 is 0 Å². The molecule has 0 atom stereocenters. The molecule has 1 aromatic carbocycles. The number of hydrogen-bond acceptors (Lipinski definition) is 3. The van der Waals surface area contributed by atoms with Gasteiger partial charge in [-0.05, 0) is 51.0 Å². The maximum Gasteiger partial charge on any atom is 0.0987 e. The van der Waals surface area contributed by atoms with Gasteiger partial charge in [0, 0.05) is 30.0 Å². The van der Waals surface area contributed by atoms with Gasteiger partial charge in [-0.3, -0.25) is 0 Å². The molecule has 0 spiro atoms. The van der Waals surface area contributed by atoms with Crippen molar-refractivity contribution in [3.05, 3.63) is 77.0 Å². The van der Waals surface area contributed by atoms with Crippen LogP contribution in [0.2, 0.25) is 0 Å². The summed E-state index contributed by atoms with van der Waals surface area (Å²) in [7, 11) is 0. The monoisotopic (exact) mass is 293 g/mol. The highest BCUT2D eigenvalue weighted by molar-refractivity contribution is 5.63. The maximum atomic E-state index is 3.26. The van der Waals surface area contributed by atoms with Crippen molar-refractivity contribution >= 4 is 5.69 Å². The van der Waals surface area contributed by atoms with Gasteiger partial charge in [0.1, 0.15) is 0 Å². The maximum absolute atomic E-state index is 3.26. The second-order valence-corrected chi connectivity index (χ2v) is 6.05. The third kappa shape index (κ3) is 2.80. The largest absolute Gasteiger partial charge is 0.361 e. The smallest absolute Gasteiger partial charge is 0.0987 e. The highest BCUT2D eigenvalue weighted by Crippen LogP contribution is 2.31. The van der Waals surface area contributed by atoms with Crippen LogP contribution in [-0.2, 0) is 0 Å². The van der Waals surface area contributed by atoms with Gasteiger partial charge in [-0.2, -0.15) is 0 Å². The number of rotatable bonds is 2. The number of aryl methyl sites for hydroxylation is 3. The third-order valence-corrected chi connectivity index (χ3v) is 4.05. The summed E-state index contributed by atoms with van der Waals surface area (Å²) in [5.41, 5.74) is 7.65. The summed E-state index contributed by atoms with van der Waals surface area (Å²) in [5.74, 6) is 0. The van der Waals surface area contributed by atoms with Crippen molar-refractivity contribution in [1.29, 1.82) is 0 Å². The Kier molecular flexibility index (Phi) is 3.80. The molecule has 0 fully saturated rings. The molecule has 0 aromatic heterocycles. The predicted molar refractivity (Wildman–Crippen MR) is 93.1 cm³/mol. The number of dihydropyridines is 1. The lowest BCUT2D eigenvalue weighted by Crippen LogP contribution is -2.24. The van der Waals surface area contributed by atoms with Crippen molar-refractivity contribution in [2.75, 3.05) is 11.6 Å². The Hall–Kier alpha value is -2.42. The van der Waals surface area contributed by atoms with Crippen LogP contribution < -0.4 is 10.2 Å². The van der Waals surface area contributed by atoms with E-state index < -0.39 is 0 Å². The predicted octanol–water partition coefficient (Wildman–Crippen LogP) is 4.07. The molecule has 3 nitrogen and oxygen atoms in total. The van der Waals surface area contributed by atoms with E-state index >= 15 is 0 Å². The topological polar surface area (TPSA) is 18.5 Å². The van der Waals surface area contributed by atoms with E-state index in [1.165, 1.54) is 28.1 Å². The summed E-state index contributed by atoms with van der Waals surface area (Å²) in [5, 5.41) is 3.26. The molecule has 114 valence electrons. The summed E-state index contributed by atoms with van der Waals surface area (Å²) in [6.07, 6.45) is 12.5. The van der Waals surface area contributed by atoms with E-state index in [1.807, 2.05) is 18.4 Å². The summed E-state index contributed by atoms with van der Waals surface area (Å²) < 4.78 is 0. The fraction of sp³-hybridized carbons (Fsp3) is 0.263. The summed E-state index contributed by atoms with van der Waals surface area (Å²) >= 11 is 0. The van der Waals surface area contributed by atoms with Gasteiger partial charge in [-0.1, -0.05) is 23.8 Å². The summed E-state index contributed by atoms with van der Waals surface area (Å²) in [4.78, 5) is 4.60. The van der Waals surface area contributed by atoms with Crippen LogP contribution in [0.4, 0.5) is 5.69 Å². The SMILES string of the molecule is CC1=CN(c2c(C)cc(C)cc2C)CN1/C=C1/C=CC=CN1. The molecule has 0 bridgehead atoms. The Morgan fingerprint density at radius 1 is 1.05 bits per heavy atom. The molecule has 2 aliphatic heterocycles. The van der Waals surface area contributed by atoms with Crippen molar-refractivity contribution in [2.45, 2.75) is 27.7 Å². The Balaban J connectivity index is 1.85. The molecule has 0 radical (unpaired) electrons. The number of nitrogens with zero attached hydrogens (tertiary/aromatic N) is 2.